The summed E-state index contributed by atoms with van der Waals surface area (Å²) >= 11 is 1.60. The van der Waals surface area contributed by atoms with Crippen LogP contribution in [0.15, 0.2) is 88.9 Å². The predicted molar refractivity (Wildman–Crippen MR) is 99.2 cm³/mol. The van der Waals surface area contributed by atoms with Crippen LogP contribution in [0.3, 0.4) is 0 Å². The topological polar surface area (TPSA) is 32.7 Å². The van der Waals surface area contributed by atoms with Gasteiger partial charge in [0, 0.05) is 10.4 Å². The number of carbonyl (C=O) groups is 1. The van der Waals surface area contributed by atoms with E-state index in [-0.39, 0.29) is 5.91 Å². The first-order chi connectivity index (χ1) is 11.8. The zero-order chi connectivity index (χ0) is 16.4. The Morgan fingerprint density at radius 2 is 1.58 bits per heavy atom. The molecule has 2 heterocycles. The minimum absolute atomic E-state index is 0.103. The molecule has 0 fully saturated rings. The van der Waals surface area contributed by atoms with Crippen molar-refractivity contribution in [1.29, 1.82) is 0 Å². The maximum Gasteiger partial charge on any atom is 0.281 e. The Morgan fingerprint density at radius 1 is 0.875 bits per heavy atom. The van der Waals surface area contributed by atoms with E-state index in [1.807, 2.05) is 84.3 Å². The van der Waals surface area contributed by atoms with Crippen LogP contribution in [-0.4, -0.2) is 11.6 Å². The monoisotopic (exact) mass is 330 g/mol. The fourth-order valence-electron chi connectivity index (χ4n) is 2.61. The summed E-state index contributed by atoms with van der Waals surface area (Å²) in [5, 5.41) is 8.08. The van der Waals surface area contributed by atoms with Gasteiger partial charge in [0.05, 0.1) is 11.3 Å². The molecule has 0 spiro atoms. The van der Waals surface area contributed by atoms with Crippen LogP contribution < -0.4 is 5.01 Å². The van der Waals surface area contributed by atoms with E-state index < -0.39 is 0 Å². The second-order valence-corrected chi connectivity index (χ2v) is 6.32. The van der Waals surface area contributed by atoms with Crippen LogP contribution in [0.25, 0.3) is 6.08 Å². The number of hydrogen-bond acceptors (Lipinski definition) is 3. The summed E-state index contributed by atoms with van der Waals surface area (Å²) in [6.45, 7) is 0. The lowest BCUT2D eigenvalue weighted by Crippen LogP contribution is -2.21. The molecule has 0 saturated heterocycles. The Balaban J connectivity index is 1.83. The molecular weight excluding hydrogens is 316 g/mol. The first kappa shape index (κ1) is 14.6. The Labute approximate surface area is 144 Å². The van der Waals surface area contributed by atoms with E-state index in [2.05, 4.69) is 5.10 Å². The maximum absolute atomic E-state index is 13.0. The summed E-state index contributed by atoms with van der Waals surface area (Å²) in [6.07, 6.45) is 1.92. The highest BCUT2D eigenvalue weighted by molar-refractivity contribution is 7.10. The Hall–Kier alpha value is -2.98. The van der Waals surface area contributed by atoms with Gasteiger partial charge in [0.15, 0.2) is 0 Å². The van der Waals surface area contributed by atoms with Gasteiger partial charge in [-0.25, -0.2) is 0 Å². The van der Waals surface area contributed by atoms with Crippen LogP contribution in [0.2, 0.25) is 0 Å². The molecule has 24 heavy (non-hydrogen) atoms. The molecule has 1 aliphatic rings. The van der Waals surface area contributed by atoms with Crippen LogP contribution in [0, 0.1) is 0 Å². The summed E-state index contributed by atoms with van der Waals surface area (Å²) < 4.78 is 0. The fourth-order valence-corrected chi connectivity index (χ4v) is 3.27. The number of benzene rings is 2. The lowest BCUT2D eigenvalue weighted by molar-refractivity contribution is -0.114. The van der Waals surface area contributed by atoms with Gasteiger partial charge in [-0.1, -0.05) is 54.6 Å². The van der Waals surface area contributed by atoms with Crippen LogP contribution in [-0.2, 0) is 4.79 Å². The molecule has 3 nitrogen and oxygen atoms in total. The molecule has 3 aromatic rings. The quantitative estimate of drug-likeness (QED) is 0.647. The number of rotatable bonds is 3. The maximum atomic E-state index is 13.0. The molecule has 0 atom stereocenters. The average molecular weight is 330 g/mol. The number of para-hydroxylation sites is 1. The van der Waals surface area contributed by atoms with E-state index in [1.165, 1.54) is 5.01 Å². The van der Waals surface area contributed by atoms with Crippen LogP contribution in [0.5, 0.6) is 0 Å². The van der Waals surface area contributed by atoms with Gasteiger partial charge in [-0.15, -0.1) is 11.3 Å². The molecule has 1 aliphatic heterocycles. The van der Waals surface area contributed by atoms with Gasteiger partial charge >= 0.3 is 0 Å². The lowest BCUT2D eigenvalue weighted by Gasteiger charge is -2.10. The summed E-state index contributed by atoms with van der Waals surface area (Å²) in [4.78, 5) is 14.0. The molecule has 116 valence electrons. The molecule has 0 N–H and O–H groups in total. The van der Waals surface area contributed by atoms with E-state index >= 15 is 0 Å². The molecule has 0 bridgehead atoms. The molecule has 1 aromatic heterocycles. The van der Waals surface area contributed by atoms with Crippen LogP contribution in [0.1, 0.15) is 10.4 Å². The molecule has 0 aliphatic carbocycles. The number of hydrazone groups is 1. The minimum atomic E-state index is -0.103. The van der Waals surface area contributed by atoms with Gasteiger partial charge in [0.25, 0.3) is 5.91 Å². The third-order valence-electron chi connectivity index (χ3n) is 3.76. The van der Waals surface area contributed by atoms with Crippen molar-refractivity contribution in [3.8, 4) is 0 Å². The summed E-state index contributed by atoms with van der Waals surface area (Å²) in [5.41, 5.74) is 3.03. The first-order valence-corrected chi connectivity index (χ1v) is 8.50. The SMILES string of the molecule is O=C1/C(=C/c2cccs2)C(c2ccccc2)=NN1c1ccccc1. The van der Waals surface area contributed by atoms with Gasteiger partial charge in [-0.05, 0) is 29.7 Å². The number of hydrogen-bond donors (Lipinski definition) is 0. The second kappa shape index (κ2) is 6.26. The van der Waals surface area contributed by atoms with Crippen molar-refractivity contribution in [3.63, 3.8) is 0 Å². The van der Waals surface area contributed by atoms with Crippen molar-refractivity contribution in [3.05, 3.63) is 94.2 Å². The zero-order valence-electron chi connectivity index (χ0n) is 12.8. The normalized spacial score (nSPS) is 15.8. The molecule has 0 saturated carbocycles. The van der Waals surface area contributed by atoms with Crippen LogP contribution >= 0.6 is 11.3 Å². The van der Waals surface area contributed by atoms with Crippen LogP contribution in [0.4, 0.5) is 5.69 Å². The van der Waals surface area contributed by atoms with Gasteiger partial charge < -0.3 is 0 Å². The van der Waals surface area contributed by atoms with Gasteiger partial charge in [-0.2, -0.15) is 10.1 Å². The molecule has 0 radical (unpaired) electrons. The summed E-state index contributed by atoms with van der Waals surface area (Å²) in [5.74, 6) is -0.103. The fraction of sp³-hybridized carbons (Fsp3) is 0. The van der Waals surface area contributed by atoms with Gasteiger partial charge in [0.1, 0.15) is 5.71 Å². The largest absolute Gasteiger partial charge is 0.281 e. The highest BCUT2D eigenvalue weighted by Gasteiger charge is 2.31. The van der Waals surface area contributed by atoms with Gasteiger partial charge in [0.2, 0.25) is 0 Å². The molecule has 4 rings (SSSR count). The number of carbonyl (C=O) groups excluding carboxylic acids is 1. The summed E-state index contributed by atoms with van der Waals surface area (Å²) in [7, 11) is 0. The molecule has 1 amide bonds. The molecule has 4 heteroatoms. The third-order valence-corrected chi connectivity index (χ3v) is 4.57. The second-order valence-electron chi connectivity index (χ2n) is 5.34. The van der Waals surface area contributed by atoms with Crippen molar-refractivity contribution < 1.29 is 4.79 Å². The predicted octanol–water partition coefficient (Wildman–Crippen LogP) is 4.58. The van der Waals surface area contributed by atoms with E-state index in [9.17, 15) is 4.79 Å². The minimum Gasteiger partial charge on any atom is -0.267 e. The number of amides is 1. The molecule has 0 unspecified atom stereocenters. The van der Waals surface area contributed by atoms with Crippen molar-refractivity contribution in [2.75, 3.05) is 5.01 Å². The Morgan fingerprint density at radius 3 is 2.25 bits per heavy atom. The number of thiophene rings is 1. The van der Waals surface area contributed by atoms with Crippen molar-refractivity contribution in [1.82, 2.24) is 0 Å². The number of nitrogens with zero attached hydrogens (tertiary/aromatic N) is 2. The van der Waals surface area contributed by atoms with Crippen molar-refractivity contribution in [2.45, 2.75) is 0 Å². The average Bonchev–Trinajstić information content (AvgIpc) is 3.26. The highest BCUT2D eigenvalue weighted by atomic mass is 32.1. The van der Waals surface area contributed by atoms with Gasteiger partial charge in [-0.3, -0.25) is 4.79 Å². The molecular formula is C20H14N2OS. The summed E-state index contributed by atoms with van der Waals surface area (Å²) in [6, 6.07) is 23.3. The number of anilines is 1. The van der Waals surface area contributed by atoms with E-state index in [4.69, 9.17) is 0 Å². The Kier molecular flexibility index (Phi) is 3.81. The standard InChI is InChI=1S/C20H14N2OS/c23-20-18(14-17-12-7-13-24-17)19(15-8-3-1-4-9-15)21-22(20)16-10-5-2-6-11-16/h1-14H/b18-14+. The van der Waals surface area contributed by atoms with E-state index in [0.29, 0.717) is 11.3 Å². The Bertz CT molecular complexity index is 913. The third kappa shape index (κ3) is 2.68. The van der Waals surface area contributed by atoms with E-state index in [0.717, 1.165) is 16.1 Å². The highest BCUT2D eigenvalue weighted by Crippen LogP contribution is 2.28. The lowest BCUT2D eigenvalue weighted by atomic mass is 10.0. The van der Waals surface area contributed by atoms with Crippen molar-refractivity contribution >= 4 is 34.7 Å². The van der Waals surface area contributed by atoms with Crippen molar-refractivity contribution in [2.24, 2.45) is 5.10 Å². The first-order valence-electron chi connectivity index (χ1n) is 7.62. The zero-order valence-corrected chi connectivity index (χ0v) is 13.6. The smallest absolute Gasteiger partial charge is 0.267 e. The van der Waals surface area contributed by atoms with E-state index in [1.54, 1.807) is 11.3 Å². The molecule has 2 aromatic carbocycles.